The number of hydrogen-bond acceptors (Lipinski definition) is 5. The SMILES string of the molecule is CS(=O)(=O)Nc1cc(NC(=O)CNC(=O)CN)ccc1F. The van der Waals surface area contributed by atoms with Crippen LogP contribution in [-0.2, 0) is 19.6 Å². The van der Waals surface area contributed by atoms with E-state index < -0.39 is 27.7 Å². The topological polar surface area (TPSA) is 130 Å². The van der Waals surface area contributed by atoms with Gasteiger partial charge in [0, 0.05) is 5.69 Å². The van der Waals surface area contributed by atoms with Gasteiger partial charge in [-0.2, -0.15) is 0 Å². The molecule has 116 valence electrons. The second-order valence-electron chi connectivity index (χ2n) is 4.10. The van der Waals surface area contributed by atoms with Gasteiger partial charge in [-0.25, -0.2) is 12.8 Å². The Morgan fingerprint density at radius 2 is 1.95 bits per heavy atom. The van der Waals surface area contributed by atoms with Crippen LogP contribution < -0.4 is 21.1 Å². The van der Waals surface area contributed by atoms with Crippen LogP contribution in [0, 0.1) is 5.82 Å². The van der Waals surface area contributed by atoms with Gasteiger partial charge in [-0.1, -0.05) is 0 Å². The lowest BCUT2D eigenvalue weighted by Crippen LogP contribution is -2.36. The van der Waals surface area contributed by atoms with E-state index in [-0.39, 0.29) is 24.5 Å². The zero-order valence-electron chi connectivity index (χ0n) is 11.1. The molecule has 0 aliphatic carbocycles. The van der Waals surface area contributed by atoms with Crippen LogP contribution in [0.4, 0.5) is 15.8 Å². The summed E-state index contributed by atoms with van der Waals surface area (Å²) in [6, 6.07) is 3.38. The predicted molar refractivity (Wildman–Crippen MR) is 75.6 cm³/mol. The Bertz CT molecular complexity index is 648. The van der Waals surface area contributed by atoms with Crippen LogP contribution in [-0.4, -0.2) is 39.6 Å². The number of carbonyl (C=O) groups is 2. The summed E-state index contributed by atoms with van der Waals surface area (Å²) in [4.78, 5) is 22.4. The highest BCUT2D eigenvalue weighted by Gasteiger charge is 2.10. The molecular weight excluding hydrogens is 303 g/mol. The number of nitrogens with two attached hydrogens (primary N) is 1. The van der Waals surface area contributed by atoms with Gasteiger partial charge < -0.3 is 16.4 Å². The third kappa shape index (κ3) is 6.19. The second-order valence-corrected chi connectivity index (χ2v) is 5.85. The number of rotatable bonds is 6. The molecule has 0 heterocycles. The van der Waals surface area contributed by atoms with E-state index in [0.717, 1.165) is 18.4 Å². The van der Waals surface area contributed by atoms with Crippen molar-refractivity contribution in [2.75, 3.05) is 29.4 Å². The molecule has 0 aliphatic heterocycles. The molecule has 21 heavy (non-hydrogen) atoms. The highest BCUT2D eigenvalue weighted by atomic mass is 32.2. The first kappa shape index (κ1) is 16.9. The lowest BCUT2D eigenvalue weighted by atomic mass is 10.2. The van der Waals surface area contributed by atoms with Crippen LogP contribution in [0.3, 0.4) is 0 Å². The van der Waals surface area contributed by atoms with Gasteiger partial charge in [-0.15, -0.1) is 0 Å². The number of halogens is 1. The summed E-state index contributed by atoms with van der Waals surface area (Å²) < 4.78 is 37.6. The monoisotopic (exact) mass is 318 g/mol. The van der Waals surface area contributed by atoms with E-state index in [9.17, 15) is 22.4 Å². The van der Waals surface area contributed by atoms with Crippen molar-refractivity contribution in [3.05, 3.63) is 24.0 Å². The van der Waals surface area contributed by atoms with Gasteiger partial charge in [-0.05, 0) is 18.2 Å². The third-order valence-corrected chi connectivity index (χ3v) is 2.77. The van der Waals surface area contributed by atoms with Crippen LogP contribution in [0.2, 0.25) is 0 Å². The molecule has 0 atom stereocenters. The van der Waals surface area contributed by atoms with Crippen LogP contribution in [0.25, 0.3) is 0 Å². The Labute approximate surface area is 120 Å². The van der Waals surface area contributed by atoms with Crippen LogP contribution in [0.15, 0.2) is 18.2 Å². The van der Waals surface area contributed by atoms with Gasteiger partial charge in [-0.3, -0.25) is 14.3 Å². The fraction of sp³-hybridized carbons (Fsp3) is 0.273. The van der Waals surface area contributed by atoms with E-state index in [4.69, 9.17) is 5.73 Å². The van der Waals surface area contributed by atoms with Crippen LogP contribution >= 0.6 is 0 Å². The van der Waals surface area contributed by atoms with Crippen LogP contribution in [0.1, 0.15) is 0 Å². The zero-order valence-corrected chi connectivity index (χ0v) is 12.0. The maximum absolute atomic E-state index is 13.4. The van der Waals surface area contributed by atoms with Gasteiger partial charge in [0.2, 0.25) is 21.8 Å². The van der Waals surface area contributed by atoms with Gasteiger partial charge in [0.1, 0.15) is 5.82 Å². The zero-order chi connectivity index (χ0) is 16.0. The molecule has 0 spiro atoms. The first-order valence-electron chi connectivity index (χ1n) is 5.75. The molecule has 2 amide bonds. The fourth-order valence-corrected chi connectivity index (χ4v) is 1.89. The average molecular weight is 318 g/mol. The van der Waals surface area contributed by atoms with E-state index in [2.05, 4.69) is 10.6 Å². The van der Waals surface area contributed by atoms with Crippen molar-refractivity contribution in [2.24, 2.45) is 5.73 Å². The Morgan fingerprint density at radius 1 is 1.29 bits per heavy atom. The summed E-state index contributed by atoms with van der Waals surface area (Å²) in [5, 5.41) is 4.63. The maximum Gasteiger partial charge on any atom is 0.243 e. The molecule has 0 aliphatic rings. The Kier molecular flexibility index (Phi) is 5.61. The van der Waals surface area contributed by atoms with Crippen molar-refractivity contribution in [3.8, 4) is 0 Å². The summed E-state index contributed by atoms with van der Waals surface area (Å²) in [5.74, 6) is -1.84. The van der Waals surface area contributed by atoms with Crippen LogP contribution in [0.5, 0.6) is 0 Å². The normalized spacial score (nSPS) is 10.8. The van der Waals surface area contributed by atoms with Gasteiger partial charge in [0.25, 0.3) is 0 Å². The van der Waals surface area contributed by atoms with Crippen molar-refractivity contribution in [1.82, 2.24) is 5.32 Å². The maximum atomic E-state index is 13.4. The average Bonchev–Trinajstić information content (AvgIpc) is 2.38. The summed E-state index contributed by atoms with van der Waals surface area (Å²) in [6.45, 7) is -0.547. The molecule has 0 saturated heterocycles. The number of sulfonamides is 1. The van der Waals surface area contributed by atoms with E-state index >= 15 is 0 Å². The van der Waals surface area contributed by atoms with E-state index in [1.807, 2.05) is 4.72 Å². The van der Waals surface area contributed by atoms with E-state index in [0.29, 0.717) is 0 Å². The molecule has 1 aromatic rings. The number of amides is 2. The second kappa shape index (κ2) is 6.99. The molecular formula is C11H15FN4O4S. The summed E-state index contributed by atoms with van der Waals surface area (Å²) in [7, 11) is -3.64. The summed E-state index contributed by atoms with van der Waals surface area (Å²) >= 11 is 0. The molecule has 10 heteroatoms. The highest BCUT2D eigenvalue weighted by Crippen LogP contribution is 2.20. The molecule has 1 aromatic carbocycles. The molecule has 8 nitrogen and oxygen atoms in total. The van der Waals surface area contributed by atoms with Gasteiger partial charge in [0.05, 0.1) is 25.0 Å². The number of carbonyl (C=O) groups excluding carboxylic acids is 2. The Hall–Kier alpha value is -2.20. The molecule has 0 fully saturated rings. The van der Waals surface area contributed by atoms with E-state index in [1.54, 1.807) is 0 Å². The minimum Gasteiger partial charge on any atom is -0.346 e. The fourth-order valence-electron chi connectivity index (χ4n) is 1.34. The first-order valence-corrected chi connectivity index (χ1v) is 7.64. The highest BCUT2D eigenvalue weighted by molar-refractivity contribution is 7.92. The minimum absolute atomic E-state index is 0.176. The molecule has 0 aromatic heterocycles. The molecule has 0 saturated carbocycles. The minimum atomic E-state index is -3.64. The first-order chi connectivity index (χ1) is 9.71. The molecule has 0 bridgehead atoms. The Morgan fingerprint density at radius 3 is 2.52 bits per heavy atom. The number of anilines is 2. The van der Waals surface area contributed by atoms with Gasteiger partial charge in [0.15, 0.2) is 0 Å². The smallest absolute Gasteiger partial charge is 0.243 e. The molecule has 0 unspecified atom stereocenters. The summed E-state index contributed by atoms with van der Waals surface area (Å²) in [6.07, 6.45) is 0.875. The standard InChI is InChI=1S/C11H15FN4O4S/c1-21(19,20)16-9-4-7(2-3-8(9)12)15-11(18)6-14-10(17)5-13/h2-4,16H,5-6,13H2,1H3,(H,14,17)(H,15,18). The third-order valence-electron chi connectivity index (χ3n) is 2.18. The largest absolute Gasteiger partial charge is 0.346 e. The quantitative estimate of drug-likeness (QED) is 0.546. The van der Waals surface area contributed by atoms with E-state index in [1.165, 1.54) is 6.07 Å². The number of nitrogens with one attached hydrogen (secondary N) is 3. The molecule has 1 rings (SSSR count). The van der Waals surface area contributed by atoms with Crippen molar-refractivity contribution in [1.29, 1.82) is 0 Å². The summed E-state index contributed by atoms with van der Waals surface area (Å²) in [5.41, 5.74) is 4.94. The number of hydrogen-bond donors (Lipinski definition) is 4. The van der Waals surface area contributed by atoms with Crippen molar-refractivity contribution in [3.63, 3.8) is 0 Å². The van der Waals surface area contributed by atoms with Gasteiger partial charge >= 0.3 is 0 Å². The molecule has 5 N–H and O–H groups in total. The van der Waals surface area contributed by atoms with Crippen molar-refractivity contribution < 1.29 is 22.4 Å². The predicted octanol–water partition coefficient (Wildman–Crippen LogP) is -0.789. The van der Waals surface area contributed by atoms with Crippen molar-refractivity contribution >= 4 is 33.2 Å². The van der Waals surface area contributed by atoms with Crippen molar-refractivity contribution in [2.45, 2.75) is 0 Å². The molecule has 0 radical (unpaired) electrons. The number of benzene rings is 1. The Balaban J connectivity index is 2.74. The lowest BCUT2D eigenvalue weighted by Gasteiger charge is -2.10. The lowest BCUT2D eigenvalue weighted by molar-refractivity contribution is -0.123.